The van der Waals surface area contributed by atoms with E-state index in [1.54, 1.807) is 0 Å². The van der Waals surface area contributed by atoms with E-state index < -0.39 is 0 Å². The number of nitrogens with two attached hydrogens (primary N) is 1. The molecular formula is C7H14BrN3. The first-order chi connectivity index (χ1) is 4.86. The molecule has 3 nitrogen and oxygen atoms in total. The third-order valence-electron chi connectivity index (χ3n) is 2.14. The zero-order valence-corrected chi connectivity index (χ0v) is 8.05. The summed E-state index contributed by atoms with van der Waals surface area (Å²) in [7, 11) is 0. The summed E-state index contributed by atoms with van der Waals surface area (Å²) in [6.07, 6.45) is 5.94. The van der Waals surface area contributed by atoms with Gasteiger partial charge in [0.25, 0.3) is 0 Å². The predicted octanol–water partition coefficient (Wildman–Crippen LogP) is 0.436. The van der Waals surface area contributed by atoms with Gasteiger partial charge in [0, 0.05) is 11.7 Å². The predicted molar refractivity (Wildman–Crippen MR) is 50.3 cm³/mol. The quantitative estimate of drug-likeness (QED) is 0.555. The van der Waals surface area contributed by atoms with Crippen molar-refractivity contribution in [2.24, 2.45) is 5.73 Å². The molecule has 0 aromatic rings. The van der Waals surface area contributed by atoms with Gasteiger partial charge in [0.05, 0.1) is 0 Å². The molecule has 1 aliphatic heterocycles. The standard InChI is InChI=1S/C7H13N3.BrH/c8-7-9-5-3-1-2-4-6(5)10-7;/h3,6-7,9-10H,1-2,4,8H2;1H/t6-,7+;/m1./s1. The molecule has 11 heavy (non-hydrogen) atoms. The summed E-state index contributed by atoms with van der Waals surface area (Å²) in [6, 6.07) is 0.517. The van der Waals surface area contributed by atoms with E-state index in [2.05, 4.69) is 16.7 Å². The molecule has 2 atom stereocenters. The number of hydrogen-bond donors (Lipinski definition) is 3. The third kappa shape index (κ3) is 1.75. The Balaban J connectivity index is 0.000000605. The molecule has 0 radical (unpaired) electrons. The highest BCUT2D eigenvalue weighted by molar-refractivity contribution is 8.93. The van der Waals surface area contributed by atoms with E-state index in [4.69, 9.17) is 5.73 Å². The van der Waals surface area contributed by atoms with E-state index in [9.17, 15) is 0 Å². The Labute approximate surface area is 77.2 Å². The molecule has 4 heteroatoms. The molecule has 2 rings (SSSR count). The van der Waals surface area contributed by atoms with Crippen molar-refractivity contribution in [3.05, 3.63) is 11.8 Å². The van der Waals surface area contributed by atoms with Crippen molar-refractivity contribution in [3.8, 4) is 0 Å². The van der Waals surface area contributed by atoms with Crippen LogP contribution >= 0.6 is 17.0 Å². The van der Waals surface area contributed by atoms with Crippen molar-refractivity contribution in [2.45, 2.75) is 31.6 Å². The van der Waals surface area contributed by atoms with Crippen molar-refractivity contribution < 1.29 is 0 Å². The van der Waals surface area contributed by atoms with Crippen molar-refractivity contribution in [3.63, 3.8) is 0 Å². The van der Waals surface area contributed by atoms with Crippen molar-refractivity contribution >= 4 is 17.0 Å². The summed E-state index contributed by atoms with van der Waals surface area (Å²) in [4.78, 5) is 0. The first-order valence-electron chi connectivity index (χ1n) is 3.84. The van der Waals surface area contributed by atoms with Crippen molar-refractivity contribution in [1.82, 2.24) is 10.6 Å². The van der Waals surface area contributed by atoms with Crippen molar-refractivity contribution in [1.29, 1.82) is 0 Å². The lowest BCUT2D eigenvalue weighted by atomic mass is 10.0. The molecule has 0 spiro atoms. The summed E-state index contributed by atoms with van der Waals surface area (Å²) in [6.45, 7) is 0. The monoisotopic (exact) mass is 219 g/mol. The summed E-state index contributed by atoms with van der Waals surface area (Å²) >= 11 is 0. The van der Waals surface area contributed by atoms with Crippen LogP contribution in [0.2, 0.25) is 0 Å². The highest BCUT2D eigenvalue weighted by Crippen LogP contribution is 2.19. The van der Waals surface area contributed by atoms with Gasteiger partial charge in [0.15, 0.2) is 0 Å². The number of halogens is 1. The fourth-order valence-electron chi connectivity index (χ4n) is 1.65. The second-order valence-electron chi connectivity index (χ2n) is 2.93. The molecule has 0 bridgehead atoms. The topological polar surface area (TPSA) is 50.1 Å². The minimum atomic E-state index is -0.0191. The molecule has 1 saturated heterocycles. The van der Waals surface area contributed by atoms with E-state index in [0.717, 1.165) is 0 Å². The molecule has 0 aromatic heterocycles. The average Bonchev–Trinajstić information content (AvgIpc) is 2.27. The van der Waals surface area contributed by atoms with Crippen LogP contribution in [0.5, 0.6) is 0 Å². The van der Waals surface area contributed by atoms with Gasteiger partial charge in [-0.25, -0.2) is 0 Å². The Morgan fingerprint density at radius 1 is 1.55 bits per heavy atom. The Kier molecular flexibility index (Phi) is 2.92. The van der Waals surface area contributed by atoms with Crippen LogP contribution in [-0.2, 0) is 0 Å². The number of fused-ring (bicyclic) bond motifs is 1. The van der Waals surface area contributed by atoms with Gasteiger partial charge in [-0.15, -0.1) is 17.0 Å². The highest BCUT2D eigenvalue weighted by Gasteiger charge is 2.26. The molecule has 0 aromatic carbocycles. The fourth-order valence-corrected chi connectivity index (χ4v) is 1.65. The zero-order chi connectivity index (χ0) is 6.97. The number of allylic oxidation sites excluding steroid dienone is 1. The number of hydrogen-bond acceptors (Lipinski definition) is 3. The normalized spacial score (nSPS) is 34.8. The summed E-state index contributed by atoms with van der Waals surface area (Å²) in [5.74, 6) is 0. The van der Waals surface area contributed by atoms with E-state index >= 15 is 0 Å². The molecule has 4 N–H and O–H groups in total. The summed E-state index contributed by atoms with van der Waals surface area (Å²) in [5, 5.41) is 6.44. The molecule has 1 fully saturated rings. The van der Waals surface area contributed by atoms with Gasteiger partial charge in [-0.3, -0.25) is 11.1 Å². The Morgan fingerprint density at radius 2 is 2.36 bits per heavy atom. The van der Waals surface area contributed by atoms with E-state index in [0.29, 0.717) is 6.04 Å². The Bertz CT molecular complexity index is 169. The van der Waals surface area contributed by atoms with Crippen LogP contribution in [0.15, 0.2) is 11.8 Å². The molecule has 2 aliphatic rings. The van der Waals surface area contributed by atoms with Crippen LogP contribution in [-0.4, -0.2) is 12.3 Å². The Morgan fingerprint density at radius 3 is 3.09 bits per heavy atom. The first kappa shape index (κ1) is 9.03. The maximum absolute atomic E-state index is 5.63. The summed E-state index contributed by atoms with van der Waals surface area (Å²) < 4.78 is 0. The van der Waals surface area contributed by atoms with E-state index in [-0.39, 0.29) is 23.3 Å². The summed E-state index contributed by atoms with van der Waals surface area (Å²) in [5.41, 5.74) is 6.94. The van der Waals surface area contributed by atoms with Crippen LogP contribution in [0.1, 0.15) is 19.3 Å². The average molecular weight is 220 g/mol. The van der Waals surface area contributed by atoms with Crippen LogP contribution in [0, 0.1) is 0 Å². The minimum Gasteiger partial charge on any atom is -0.360 e. The van der Waals surface area contributed by atoms with Crippen LogP contribution in [0.25, 0.3) is 0 Å². The van der Waals surface area contributed by atoms with Gasteiger partial charge < -0.3 is 5.32 Å². The van der Waals surface area contributed by atoms with Crippen LogP contribution in [0.3, 0.4) is 0 Å². The molecule has 64 valence electrons. The van der Waals surface area contributed by atoms with Gasteiger partial charge in [0.2, 0.25) is 0 Å². The van der Waals surface area contributed by atoms with Crippen molar-refractivity contribution in [2.75, 3.05) is 0 Å². The van der Waals surface area contributed by atoms with E-state index in [1.165, 1.54) is 25.0 Å². The zero-order valence-electron chi connectivity index (χ0n) is 6.34. The number of rotatable bonds is 0. The van der Waals surface area contributed by atoms with Crippen LogP contribution in [0.4, 0.5) is 0 Å². The lowest BCUT2D eigenvalue weighted by Gasteiger charge is -2.14. The minimum absolute atomic E-state index is 0. The molecule has 0 unspecified atom stereocenters. The SMILES string of the molecule is Br.N[C@H]1NC2=CCCC[C@H]2N1. The van der Waals surface area contributed by atoms with Gasteiger partial charge in [-0.1, -0.05) is 6.08 Å². The lowest BCUT2D eigenvalue weighted by Crippen LogP contribution is -2.41. The highest BCUT2D eigenvalue weighted by atomic mass is 79.9. The maximum atomic E-state index is 5.63. The van der Waals surface area contributed by atoms with Crippen LogP contribution < -0.4 is 16.4 Å². The lowest BCUT2D eigenvalue weighted by molar-refractivity contribution is 0.506. The second-order valence-corrected chi connectivity index (χ2v) is 2.93. The smallest absolute Gasteiger partial charge is 0.130 e. The van der Waals surface area contributed by atoms with Gasteiger partial charge in [-0.05, 0) is 19.3 Å². The first-order valence-corrected chi connectivity index (χ1v) is 3.84. The largest absolute Gasteiger partial charge is 0.360 e. The fraction of sp³-hybridized carbons (Fsp3) is 0.714. The Hall–Kier alpha value is -0.0600. The molecule has 0 saturated carbocycles. The van der Waals surface area contributed by atoms with E-state index in [1.807, 2.05) is 0 Å². The molecular weight excluding hydrogens is 206 g/mol. The molecule has 1 aliphatic carbocycles. The third-order valence-corrected chi connectivity index (χ3v) is 2.14. The maximum Gasteiger partial charge on any atom is 0.130 e. The molecule has 1 heterocycles. The van der Waals surface area contributed by atoms with Gasteiger partial charge in [0.1, 0.15) is 6.29 Å². The van der Waals surface area contributed by atoms with Gasteiger partial charge >= 0.3 is 0 Å². The van der Waals surface area contributed by atoms with Gasteiger partial charge in [-0.2, -0.15) is 0 Å². The second kappa shape index (κ2) is 3.56. The molecule has 0 amide bonds. The number of nitrogens with one attached hydrogen (secondary N) is 2.